The number of benzene rings is 2. The van der Waals surface area contributed by atoms with Gasteiger partial charge in [-0.15, -0.1) is 0 Å². The fourth-order valence-electron chi connectivity index (χ4n) is 2.31. The van der Waals surface area contributed by atoms with E-state index in [-0.39, 0.29) is 35.1 Å². The SMILES string of the molecule is COc1ccc(S(N)(=O)=O)cc1C(=O)NCCC(=O)NCc1ccccc1. The normalized spacial score (nSPS) is 10.9. The number of rotatable bonds is 8. The molecule has 2 amide bonds. The maximum absolute atomic E-state index is 12.3. The Bertz CT molecular complexity index is 914. The first-order valence-electron chi connectivity index (χ1n) is 8.11. The summed E-state index contributed by atoms with van der Waals surface area (Å²) in [6.45, 7) is 0.486. The maximum Gasteiger partial charge on any atom is 0.255 e. The summed E-state index contributed by atoms with van der Waals surface area (Å²) in [4.78, 5) is 24.0. The van der Waals surface area contributed by atoms with E-state index in [0.29, 0.717) is 6.54 Å². The lowest BCUT2D eigenvalue weighted by Crippen LogP contribution is -2.30. The first-order chi connectivity index (χ1) is 12.8. The lowest BCUT2D eigenvalue weighted by atomic mass is 10.2. The third-order valence-electron chi connectivity index (χ3n) is 3.71. The Morgan fingerprint density at radius 2 is 1.78 bits per heavy atom. The highest BCUT2D eigenvalue weighted by Gasteiger charge is 2.17. The molecule has 0 fully saturated rings. The molecule has 4 N–H and O–H groups in total. The van der Waals surface area contributed by atoms with Gasteiger partial charge in [-0.3, -0.25) is 9.59 Å². The van der Waals surface area contributed by atoms with Crippen LogP contribution in [0.15, 0.2) is 53.4 Å². The van der Waals surface area contributed by atoms with Crippen molar-refractivity contribution in [2.75, 3.05) is 13.7 Å². The molecule has 2 aromatic carbocycles. The topological polar surface area (TPSA) is 128 Å². The predicted molar refractivity (Wildman–Crippen MR) is 99.6 cm³/mol. The van der Waals surface area contributed by atoms with Crippen molar-refractivity contribution in [3.8, 4) is 5.75 Å². The van der Waals surface area contributed by atoms with Crippen LogP contribution in [0.2, 0.25) is 0 Å². The van der Waals surface area contributed by atoms with Crippen LogP contribution < -0.4 is 20.5 Å². The highest BCUT2D eigenvalue weighted by molar-refractivity contribution is 7.89. The molecular formula is C18H21N3O5S. The molecule has 0 aliphatic rings. The van der Waals surface area contributed by atoms with Crippen LogP contribution in [0.4, 0.5) is 0 Å². The van der Waals surface area contributed by atoms with Crippen molar-refractivity contribution >= 4 is 21.8 Å². The summed E-state index contributed by atoms with van der Waals surface area (Å²) in [5.41, 5.74) is 0.994. The number of ether oxygens (including phenoxy) is 1. The van der Waals surface area contributed by atoms with Crippen LogP contribution in [0, 0.1) is 0 Å². The Morgan fingerprint density at radius 3 is 2.41 bits per heavy atom. The van der Waals surface area contributed by atoms with Gasteiger partial charge in [0.2, 0.25) is 15.9 Å². The number of nitrogens with one attached hydrogen (secondary N) is 2. The zero-order valence-electron chi connectivity index (χ0n) is 14.8. The Kier molecular flexibility index (Phi) is 6.91. The number of methoxy groups -OCH3 is 1. The van der Waals surface area contributed by atoms with E-state index in [0.717, 1.165) is 11.6 Å². The molecule has 27 heavy (non-hydrogen) atoms. The molecule has 2 rings (SSSR count). The Hall–Kier alpha value is -2.91. The predicted octanol–water partition coefficient (Wildman–Crippen LogP) is 0.779. The standard InChI is InChI=1S/C18H21N3O5S/c1-26-16-8-7-14(27(19,24)25)11-15(16)18(23)20-10-9-17(22)21-12-13-5-3-2-4-6-13/h2-8,11H,9-10,12H2,1H3,(H,20,23)(H,21,22)(H2,19,24,25). The molecule has 8 nitrogen and oxygen atoms in total. The van der Waals surface area contributed by atoms with Gasteiger partial charge in [-0.25, -0.2) is 13.6 Å². The molecule has 144 valence electrons. The second kappa shape index (κ2) is 9.15. The van der Waals surface area contributed by atoms with Crippen LogP contribution in [0.1, 0.15) is 22.3 Å². The average molecular weight is 391 g/mol. The van der Waals surface area contributed by atoms with Crippen molar-refractivity contribution in [1.29, 1.82) is 0 Å². The van der Waals surface area contributed by atoms with E-state index < -0.39 is 15.9 Å². The summed E-state index contributed by atoms with van der Waals surface area (Å²) >= 11 is 0. The van der Waals surface area contributed by atoms with Crippen LogP contribution in [-0.4, -0.2) is 33.9 Å². The first kappa shape index (κ1) is 20.4. The van der Waals surface area contributed by atoms with Crippen LogP contribution in [0.5, 0.6) is 5.75 Å². The third kappa shape index (κ3) is 6.08. The highest BCUT2D eigenvalue weighted by Crippen LogP contribution is 2.21. The van der Waals surface area contributed by atoms with Crippen molar-refractivity contribution in [2.45, 2.75) is 17.9 Å². The lowest BCUT2D eigenvalue weighted by Gasteiger charge is -2.11. The molecule has 0 heterocycles. The summed E-state index contributed by atoms with van der Waals surface area (Å²) in [7, 11) is -2.59. The molecule has 0 aliphatic carbocycles. The van der Waals surface area contributed by atoms with Gasteiger partial charge < -0.3 is 15.4 Å². The molecular weight excluding hydrogens is 370 g/mol. The van der Waals surface area contributed by atoms with Gasteiger partial charge in [-0.2, -0.15) is 0 Å². The minimum absolute atomic E-state index is 0.0220. The summed E-state index contributed by atoms with van der Waals surface area (Å²) in [5.74, 6) is -0.578. The van der Waals surface area contributed by atoms with Crippen LogP contribution >= 0.6 is 0 Å². The number of hydrogen-bond donors (Lipinski definition) is 3. The molecule has 0 saturated carbocycles. The van der Waals surface area contributed by atoms with E-state index >= 15 is 0 Å². The maximum atomic E-state index is 12.3. The van der Waals surface area contributed by atoms with Crippen molar-refractivity contribution in [2.24, 2.45) is 5.14 Å². The Balaban J connectivity index is 1.90. The molecule has 0 atom stereocenters. The zero-order valence-corrected chi connectivity index (χ0v) is 15.6. The number of primary sulfonamides is 1. The highest BCUT2D eigenvalue weighted by atomic mass is 32.2. The van der Waals surface area contributed by atoms with E-state index in [4.69, 9.17) is 9.88 Å². The van der Waals surface area contributed by atoms with Gasteiger partial charge in [0, 0.05) is 19.5 Å². The van der Waals surface area contributed by atoms with Crippen LogP contribution in [0.3, 0.4) is 0 Å². The number of carbonyl (C=O) groups is 2. The average Bonchev–Trinajstić information content (AvgIpc) is 2.65. The number of carbonyl (C=O) groups excluding carboxylic acids is 2. The van der Waals surface area contributed by atoms with E-state index in [1.165, 1.54) is 19.2 Å². The van der Waals surface area contributed by atoms with Gasteiger partial charge in [0.05, 0.1) is 17.6 Å². The fourth-order valence-corrected chi connectivity index (χ4v) is 2.85. The fraction of sp³-hybridized carbons (Fsp3) is 0.222. The quantitative estimate of drug-likeness (QED) is 0.613. The third-order valence-corrected chi connectivity index (χ3v) is 4.63. The van der Waals surface area contributed by atoms with Gasteiger partial charge in [0.1, 0.15) is 5.75 Å². The summed E-state index contributed by atoms with van der Waals surface area (Å²) in [6, 6.07) is 13.2. The molecule has 0 aromatic heterocycles. The van der Waals surface area contributed by atoms with E-state index in [1.807, 2.05) is 30.3 Å². The molecule has 2 aromatic rings. The number of amides is 2. The molecule has 0 spiro atoms. The van der Waals surface area contributed by atoms with Gasteiger partial charge >= 0.3 is 0 Å². The Labute approximate surface area is 157 Å². The number of hydrogen-bond acceptors (Lipinski definition) is 5. The van der Waals surface area contributed by atoms with Gasteiger partial charge in [-0.05, 0) is 23.8 Å². The second-order valence-electron chi connectivity index (χ2n) is 5.68. The Morgan fingerprint density at radius 1 is 1.07 bits per heavy atom. The summed E-state index contributed by atoms with van der Waals surface area (Å²) in [5, 5.41) is 10.4. The van der Waals surface area contributed by atoms with E-state index in [9.17, 15) is 18.0 Å². The molecule has 0 bridgehead atoms. The number of nitrogens with two attached hydrogens (primary N) is 1. The van der Waals surface area contributed by atoms with Gasteiger partial charge in [0.25, 0.3) is 5.91 Å². The molecule has 0 aliphatic heterocycles. The van der Waals surface area contributed by atoms with Gasteiger partial charge in [-0.1, -0.05) is 30.3 Å². The van der Waals surface area contributed by atoms with Crippen LogP contribution in [0.25, 0.3) is 0 Å². The molecule has 9 heteroatoms. The smallest absolute Gasteiger partial charge is 0.255 e. The van der Waals surface area contributed by atoms with E-state index in [1.54, 1.807) is 0 Å². The molecule has 0 saturated heterocycles. The summed E-state index contributed by atoms with van der Waals surface area (Å²) < 4.78 is 28.0. The lowest BCUT2D eigenvalue weighted by molar-refractivity contribution is -0.121. The van der Waals surface area contributed by atoms with E-state index in [2.05, 4.69) is 10.6 Å². The first-order valence-corrected chi connectivity index (χ1v) is 9.65. The van der Waals surface area contributed by atoms with Crippen molar-refractivity contribution in [1.82, 2.24) is 10.6 Å². The van der Waals surface area contributed by atoms with Gasteiger partial charge in [0.15, 0.2) is 0 Å². The molecule has 0 unspecified atom stereocenters. The summed E-state index contributed by atoms with van der Waals surface area (Å²) in [6.07, 6.45) is 0.0791. The zero-order chi connectivity index (χ0) is 19.9. The van der Waals surface area contributed by atoms with Crippen molar-refractivity contribution in [3.05, 3.63) is 59.7 Å². The minimum atomic E-state index is -3.95. The largest absolute Gasteiger partial charge is 0.496 e. The second-order valence-corrected chi connectivity index (χ2v) is 7.24. The van der Waals surface area contributed by atoms with Crippen molar-refractivity contribution < 1.29 is 22.7 Å². The monoisotopic (exact) mass is 391 g/mol. The molecule has 0 radical (unpaired) electrons. The minimum Gasteiger partial charge on any atom is -0.496 e. The van der Waals surface area contributed by atoms with Crippen molar-refractivity contribution in [3.63, 3.8) is 0 Å². The number of sulfonamides is 1. The van der Waals surface area contributed by atoms with Crippen LogP contribution in [-0.2, 0) is 21.4 Å².